The molecule has 1 aliphatic rings. The fourth-order valence-electron chi connectivity index (χ4n) is 3.18. The fraction of sp³-hybridized carbons (Fsp3) is 0.625. The molecule has 1 aliphatic carbocycles. The molecule has 0 aromatic heterocycles. The Kier molecular flexibility index (Phi) is 5.20. The number of rotatable bonds is 4. The normalized spacial score (nSPS) is 23.9. The van der Waals surface area contributed by atoms with Crippen LogP contribution in [0.3, 0.4) is 0 Å². The van der Waals surface area contributed by atoms with Crippen LogP contribution in [0, 0.1) is 17.7 Å². The van der Waals surface area contributed by atoms with Gasteiger partial charge < -0.3 is 10.5 Å². The Morgan fingerprint density at radius 2 is 1.95 bits per heavy atom. The molecule has 0 bridgehead atoms. The highest BCUT2D eigenvalue weighted by atomic mass is 19.1. The highest BCUT2D eigenvalue weighted by Gasteiger charge is 2.23. The molecular formula is C16H24FNO. The molecule has 106 valence electrons. The van der Waals surface area contributed by atoms with Gasteiger partial charge in [0.25, 0.3) is 0 Å². The lowest BCUT2D eigenvalue weighted by Gasteiger charge is -2.24. The smallest absolute Gasteiger partial charge is 0.165 e. The third kappa shape index (κ3) is 3.69. The van der Waals surface area contributed by atoms with Gasteiger partial charge in [0.2, 0.25) is 0 Å². The minimum absolute atomic E-state index is 0.266. The number of halogens is 1. The van der Waals surface area contributed by atoms with E-state index < -0.39 is 0 Å². The summed E-state index contributed by atoms with van der Waals surface area (Å²) in [7, 11) is 1.49. The molecule has 1 aromatic rings. The van der Waals surface area contributed by atoms with Crippen molar-refractivity contribution in [2.24, 2.45) is 17.6 Å². The van der Waals surface area contributed by atoms with Crippen LogP contribution in [-0.2, 0) is 6.42 Å². The van der Waals surface area contributed by atoms with Crippen molar-refractivity contribution in [2.75, 3.05) is 13.7 Å². The third-order valence-electron chi connectivity index (χ3n) is 4.33. The second-order valence-electron chi connectivity index (χ2n) is 5.57. The Bertz CT molecular complexity index is 408. The Morgan fingerprint density at radius 3 is 2.58 bits per heavy atom. The first-order valence-corrected chi connectivity index (χ1v) is 7.27. The zero-order valence-corrected chi connectivity index (χ0v) is 11.7. The number of methoxy groups -OCH3 is 1. The number of nitrogens with two attached hydrogens (primary N) is 1. The predicted molar refractivity (Wildman–Crippen MR) is 75.8 cm³/mol. The maximum Gasteiger partial charge on any atom is 0.165 e. The van der Waals surface area contributed by atoms with E-state index in [9.17, 15) is 4.39 Å². The van der Waals surface area contributed by atoms with E-state index in [1.165, 1.54) is 39.2 Å². The molecule has 1 fully saturated rings. The zero-order valence-electron chi connectivity index (χ0n) is 11.7. The monoisotopic (exact) mass is 265 g/mol. The van der Waals surface area contributed by atoms with E-state index in [1.807, 2.05) is 6.07 Å². The standard InChI is InChI=1S/C16H24FNO/c1-19-16-8-7-12(10-15(16)17)9-13-5-3-2-4-6-14(13)11-18/h7-8,10,13-14H,2-6,9,11,18H2,1H3. The van der Waals surface area contributed by atoms with E-state index in [1.54, 1.807) is 12.1 Å². The average molecular weight is 265 g/mol. The van der Waals surface area contributed by atoms with Gasteiger partial charge in [0.05, 0.1) is 7.11 Å². The van der Waals surface area contributed by atoms with E-state index in [0.29, 0.717) is 17.6 Å². The lowest BCUT2D eigenvalue weighted by molar-refractivity contribution is 0.317. The van der Waals surface area contributed by atoms with E-state index >= 15 is 0 Å². The molecule has 0 heterocycles. The van der Waals surface area contributed by atoms with Crippen molar-refractivity contribution in [3.05, 3.63) is 29.6 Å². The van der Waals surface area contributed by atoms with Crippen molar-refractivity contribution < 1.29 is 9.13 Å². The largest absolute Gasteiger partial charge is 0.494 e. The van der Waals surface area contributed by atoms with E-state index in [0.717, 1.165) is 18.5 Å². The van der Waals surface area contributed by atoms with Crippen molar-refractivity contribution >= 4 is 0 Å². The lowest BCUT2D eigenvalue weighted by Crippen LogP contribution is -2.24. The van der Waals surface area contributed by atoms with Crippen LogP contribution in [0.2, 0.25) is 0 Å². The summed E-state index contributed by atoms with van der Waals surface area (Å²) in [5.41, 5.74) is 6.96. The van der Waals surface area contributed by atoms with E-state index in [-0.39, 0.29) is 5.82 Å². The van der Waals surface area contributed by atoms with Gasteiger partial charge >= 0.3 is 0 Å². The number of hydrogen-bond acceptors (Lipinski definition) is 2. The molecule has 0 saturated heterocycles. The van der Waals surface area contributed by atoms with E-state index in [2.05, 4.69) is 0 Å². The molecule has 1 aromatic carbocycles. The molecule has 0 amide bonds. The molecule has 3 heteroatoms. The van der Waals surface area contributed by atoms with Gasteiger partial charge in [-0.25, -0.2) is 4.39 Å². The first-order chi connectivity index (χ1) is 9.24. The minimum atomic E-state index is -0.266. The van der Waals surface area contributed by atoms with Crippen LogP contribution in [0.4, 0.5) is 4.39 Å². The average Bonchev–Trinajstić information content (AvgIpc) is 2.64. The van der Waals surface area contributed by atoms with Crippen molar-refractivity contribution in [3.63, 3.8) is 0 Å². The lowest BCUT2D eigenvalue weighted by atomic mass is 9.83. The SMILES string of the molecule is COc1ccc(CC2CCCCCC2CN)cc1F. The number of benzene rings is 1. The first-order valence-electron chi connectivity index (χ1n) is 7.27. The van der Waals surface area contributed by atoms with Crippen LogP contribution in [0.5, 0.6) is 5.75 Å². The summed E-state index contributed by atoms with van der Waals surface area (Å²) in [6.45, 7) is 0.753. The van der Waals surface area contributed by atoms with Crippen molar-refractivity contribution in [1.29, 1.82) is 0 Å². The molecule has 2 atom stereocenters. The van der Waals surface area contributed by atoms with Crippen molar-refractivity contribution in [3.8, 4) is 5.75 Å². The summed E-state index contributed by atoms with van der Waals surface area (Å²) in [6.07, 6.45) is 7.25. The summed E-state index contributed by atoms with van der Waals surface area (Å²) in [5.74, 6) is 1.24. The maximum absolute atomic E-state index is 13.7. The molecule has 0 aliphatic heterocycles. The molecule has 2 nitrogen and oxygen atoms in total. The summed E-state index contributed by atoms with van der Waals surface area (Å²) in [6, 6.07) is 5.30. The Morgan fingerprint density at radius 1 is 1.21 bits per heavy atom. The van der Waals surface area contributed by atoms with Gasteiger partial charge in [-0.15, -0.1) is 0 Å². The second-order valence-corrected chi connectivity index (χ2v) is 5.57. The van der Waals surface area contributed by atoms with Crippen LogP contribution >= 0.6 is 0 Å². The van der Waals surface area contributed by atoms with Gasteiger partial charge in [-0.3, -0.25) is 0 Å². The zero-order chi connectivity index (χ0) is 13.7. The molecule has 19 heavy (non-hydrogen) atoms. The van der Waals surface area contributed by atoms with Gasteiger partial charge in [-0.2, -0.15) is 0 Å². The van der Waals surface area contributed by atoms with Gasteiger partial charge in [0.15, 0.2) is 11.6 Å². The molecule has 2 rings (SSSR count). The van der Waals surface area contributed by atoms with Crippen molar-refractivity contribution in [2.45, 2.75) is 38.5 Å². The fourth-order valence-corrected chi connectivity index (χ4v) is 3.18. The highest BCUT2D eigenvalue weighted by Crippen LogP contribution is 2.31. The minimum Gasteiger partial charge on any atom is -0.494 e. The molecule has 2 N–H and O–H groups in total. The summed E-state index contributed by atoms with van der Waals surface area (Å²) in [4.78, 5) is 0. The first kappa shape index (κ1) is 14.3. The topological polar surface area (TPSA) is 35.2 Å². The van der Waals surface area contributed by atoms with Gasteiger partial charge in [0.1, 0.15) is 0 Å². The van der Waals surface area contributed by atoms with Crippen LogP contribution in [-0.4, -0.2) is 13.7 Å². The Hall–Kier alpha value is -1.09. The third-order valence-corrected chi connectivity index (χ3v) is 4.33. The highest BCUT2D eigenvalue weighted by molar-refractivity contribution is 5.29. The van der Waals surface area contributed by atoms with Crippen LogP contribution in [0.15, 0.2) is 18.2 Å². The molecule has 0 spiro atoms. The summed E-state index contributed by atoms with van der Waals surface area (Å²) >= 11 is 0. The van der Waals surface area contributed by atoms with Gasteiger partial charge in [-0.1, -0.05) is 25.3 Å². The maximum atomic E-state index is 13.7. The number of ether oxygens (including phenoxy) is 1. The van der Waals surface area contributed by atoms with E-state index in [4.69, 9.17) is 10.5 Å². The Balaban J connectivity index is 2.07. The summed E-state index contributed by atoms with van der Waals surface area (Å²) < 4.78 is 18.7. The van der Waals surface area contributed by atoms with Gasteiger partial charge in [-0.05, 0) is 55.3 Å². The van der Waals surface area contributed by atoms with Crippen LogP contribution in [0.1, 0.15) is 37.7 Å². The quantitative estimate of drug-likeness (QED) is 0.845. The van der Waals surface area contributed by atoms with Crippen LogP contribution in [0.25, 0.3) is 0 Å². The van der Waals surface area contributed by atoms with Crippen molar-refractivity contribution in [1.82, 2.24) is 0 Å². The summed E-state index contributed by atoms with van der Waals surface area (Å²) in [5, 5.41) is 0. The molecule has 2 unspecified atom stereocenters. The molecular weight excluding hydrogens is 241 g/mol. The predicted octanol–water partition coefficient (Wildman–Crippen LogP) is 3.53. The number of hydrogen-bond donors (Lipinski definition) is 1. The molecule has 1 saturated carbocycles. The van der Waals surface area contributed by atoms with Crippen LogP contribution < -0.4 is 10.5 Å². The second kappa shape index (κ2) is 6.90. The Labute approximate surface area is 115 Å². The molecule has 0 radical (unpaired) electrons. The van der Waals surface area contributed by atoms with Gasteiger partial charge in [0, 0.05) is 0 Å².